The minimum atomic E-state index is -0.0196. The van der Waals surface area contributed by atoms with Crippen LogP contribution in [0.15, 0.2) is 18.2 Å². The maximum atomic E-state index is 12.5. The van der Waals surface area contributed by atoms with Crippen LogP contribution in [0.3, 0.4) is 0 Å². The van der Waals surface area contributed by atoms with E-state index in [0.717, 1.165) is 32.6 Å². The van der Waals surface area contributed by atoms with Gasteiger partial charge in [-0.3, -0.25) is 9.69 Å². The van der Waals surface area contributed by atoms with Crippen molar-refractivity contribution in [3.05, 3.63) is 28.8 Å². The second-order valence-corrected chi connectivity index (χ2v) is 5.69. The fourth-order valence-electron chi connectivity index (χ4n) is 2.52. The monoisotopic (exact) mass is 295 g/mol. The molecule has 1 atom stereocenters. The molecule has 2 rings (SSSR count). The van der Waals surface area contributed by atoms with E-state index in [-0.39, 0.29) is 5.91 Å². The quantitative estimate of drug-likeness (QED) is 0.872. The average Bonchev–Trinajstić information content (AvgIpc) is 2.48. The summed E-state index contributed by atoms with van der Waals surface area (Å²) in [4.78, 5) is 16.8. The maximum Gasteiger partial charge on any atom is 0.256 e. The van der Waals surface area contributed by atoms with Gasteiger partial charge in [0.1, 0.15) is 0 Å². The number of nitrogens with zero attached hydrogens (tertiary/aromatic N) is 2. The minimum Gasteiger partial charge on any atom is -0.397 e. The number of halogens is 1. The first-order valence-electron chi connectivity index (χ1n) is 7.12. The van der Waals surface area contributed by atoms with Crippen molar-refractivity contribution in [1.29, 1.82) is 0 Å². The fraction of sp³-hybridized carbons (Fsp3) is 0.533. The highest BCUT2D eigenvalue weighted by atomic mass is 35.5. The molecule has 0 aliphatic carbocycles. The minimum absolute atomic E-state index is 0.0196. The number of rotatable bonds is 3. The van der Waals surface area contributed by atoms with E-state index in [1.54, 1.807) is 18.2 Å². The van der Waals surface area contributed by atoms with Crippen molar-refractivity contribution in [2.24, 2.45) is 0 Å². The number of para-hydroxylation sites is 1. The number of benzene rings is 1. The first-order chi connectivity index (χ1) is 9.54. The highest BCUT2D eigenvalue weighted by Crippen LogP contribution is 2.24. The molecule has 0 spiro atoms. The number of amides is 1. The molecule has 1 amide bonds. The number of piperazine rings is 1. The normalized spacial score (nSPS) is 18.1. The lowest BCUT2D eigenvalue weighted by Crippen LogP contribution is -2.51. The first-order valence-corrected chi connectivity index (χ1v) is 7.49. The van der Waals surface area contributed by atoms with Crippen molar-refractivity contribution in [3.63, 3.8) is 0 Å². The molecule has 5 heteroatoms. The van der Waals surface area contributed by atoms with Gasteiger partial charge in [0.25, 0.3) is 5.91 Å². The largest absolute Gasteiger partial charge is 0.397 e. The first kappa shape index (κ1) is 15.1. The van der Waals surface area contributed by atoms with Crippen molar-refractivity contribution in [2.45, 2.75) is 26.3 Å². The van der Waals surface area contributed by atoms with Gasteiger partial charge >= 0.3 is 0 Å². The van der Waals surface area contributed by atoms with E-state index >= 15 is 0 Å². The van der Waals surface area contributed by atoms with Gasteiger partial charge in [0, 0.05) is 32.2 Å². The Morgan fingerprint density at radius 1 is 1.35 bits per heavy atom. The predicted molar refractivity (Wildman–Crippen MR) is 83.1 cm³/mol. The number of carbonyl (C=O) groups excluding carboxylic acids is 1. The van der Waals surface area contributed by atoms with Crippen LogP contribution in [0.25, 0.3) is 0 Å². The molecule has 1 unspecified atom stereocenters. The standard InChI is InChI=1S/C15H22ClN3O/c1-3-11(2)18-7-9-19(10-8-18)15(20)12-5-4-6-13(16)14(12)17/h4-6,11H,3,7-10,17H2,1-2H3. The van der Waals surface area contributed by atoms with Gasteiger partial charge in [-0.1, -0.05) is 24.6 Å². The summed E-state index contributed by atoms with van der Waals surface area (Å²) in [5.74, 6) is -0.0196. The van der Waals surface area contributed by atoms with Crippen molar-refractivity contribution in [2.75, 3.05) is 31.9 Å². The van der Waals surface area contributed by atoms with E-state index in [2.05, 4.69) is 18.7 Å². The predicted octanol–water partition coefficient (Wildman–Crippen LogP) is 2.48. The van der Waals surface area contributed by atoms with Gasteiger partial charge in [0.2, 0.25) is 0 Å². The van der Waals surface area contributed by atoms with Crippen molar-refractivity contribution >= 4 is 23.2 Å². The molecule has 0 aromatic heterocycles. The van der Waals surface area contributed by atoms with Crippen LogP contribution < -0.4 is 5.73 Å². The Morgan fingerprint density at radius 2 is 2.00 bits per heavy atom. The van der Waals surface area contributed by atoms with E-state index in [4.69, 9.17) is 17.3 Å². The SMILES string of the molecule is CCC(C)N1CCN(C(=O)c2cccc(Cl)c2N)CC1. The van der Waals surface area contributed by atoms with Crippen molar-refractivity contribution in [3.8, 4) is 0 Å². The molecule has 1 aliphatic heterocycles. The Hall–Kier alpha value is -1.26. The Morgan fingerprint density at radius 3 is 2.60 bits per heavy atom. The molecule has 1 aliphatic rings. The topological polar surface area (TPSA) is 49.6 Å². The molecular formula is C15H22ClN3O. The van der Waals surface area contributed by atoms with Gasteiger partial charge in [0.15, 0.2) is 0 Å². The summed E-state index contributed by atoms with van der Waals surface area (Å²) in [6.07, 6.45) is 1.13. The molecule has 2 N–H and O–H groups in total. The number of hydrogen-bond donors (Lipinski definition) is 1. The summed E-state index contributed by atoms with van der Waals surface area (Å²) in [5.41, 5.74) is 6.78. The number of carbonyl (C=O) groups is 1. The lowest BCUT2D eigenvalue weighted by atomic mass is 10.1. The molecule has 1 saturated heterocycles. The average molecular weight is 296 g/mol. The number of anilines is 1. The van der Waals surface area contributed by atoms with Gasteiger partial charge in [-0.15, -0.1) is 0 Å². The molecule has 20 heavy (non-hydrogen) atoms. The number of nitrogen functional groups attached to an aromatic ring is 1. The van der Waals surface area contributed by atoms with Gasteiger partial charge in [-0.05, 0) is 25.5 Å². The molecule has 110 valence electrons. The van der Waals surface area contributed by atoms with Crippen LogP contribution in [0.4, 0.5) is 5.69 Å². The molecule has 0 bridgehead atoms. The third kappa shape index (κ3) is 3.07. The van der Waals surface area contributed by atoms with Crippen LogP contribution in [0, 0.1) is 0 Å². The smallest absolute Gasteiger partial charge is 0.256 e. The zero-order valence-electron chi connectivity index (χ0n) is 12.1. The summed E-state index contributed by atoms with van der Waals surface area (Å²) < 4.78 is 0. The Bertz CT molecular complexity index is 484. The second kappa shape index (κ2) is 6.46. The summed E-state index contributed by atoms with van der Waals surface area (Å²) in [5, 5.41) is 0.439. The highest BCUT2D eigenvalue weighted by molar-refractivity contribution is 6.33. The van der Waals surface area contributed by atoms with Gasteiger partial charge in [0.05, 0.1) is 16.3 Å². The highest BCUT2D eigenvalue weighted by Gasteiger charge is 2.25. The third-order valence-electron chi connectivity index (χ3n) is 4.10. The molecule has 4 nitrogen and oxygen atoms in total. The van der Waals surface area contributed by atoms with E-state index in [9.17, 15) is 4.79 Å². The molecule has 1 aromatic rings. The van der Waals surface area contributed by atoms with Crippen LogP contribution in [-0.4, -0.2) is 47.9 Å². The van der Waals surface area contributed by atoms with Crippen LogP contribution in [-0.2, 0) is 0 Å². The lowest BCUT2D eigenvalue weighted by Gasteiger charge is -2.38. The number of hydrogen-bond acceptors (Lipinski definition) is 3. The summed E-state index contributed by atoms with van der Waals surface area (Å²) in [6.45, 7) is 7.74. The van der Waals surface area contributed by atoms with Crippen LogP contribution in [0.1, 0.15) is 30.6 Å². The van der Waals surface area contributed by atoms with E-state index in [0.29, 0.717) is 22.3 Å². The van der Waals surface area contributed by atoms with Gasteiger partial charge in [-0.25, -0.2) is 0 Å². The van der Waals surface area contributed by atoms with Crippen LogP contribution in [0.5, 0.6) is 0 Å². The molecule has 1 fully saturated rings. The molecule has 0 saturated carbocycles. The summed E-state index contributed by atoms with van der Waals surface area (Å²) >= 11 is 5.98. The van der Waals surface area contributed by atoms with E-state index in [1.165, 1.54) is 0 Å². The van der Waals surface area contributed by atoms with Gasteiger partial charge in [-0.2, -0.15) is 0 Å². The number of nitrogens with two attached hydrogens (primary N) is 1. The molecule has 1 aromatic carbocycles. The second-order valence-electron chi connectivity index (χ2n) is 5.29. The Kier molecular flexibility index (Phi) is 4.89. The molecule has 0 radical (unpaired) electrons. The fourth-order valence-corrected chi connectivity index (χ4v) is 2.69. The van der Waals surface area contributed by atoms with E-state index in [1.807, 2.05) is 4.90 Å². The Labute approximate surface area is 125 Å². The third-order valence-corrected chi connectivity index (χ3v) is 4.43. The molecule has 1 heterocycles. The van der Waals surface area contributed by atoms with E-state index < -0.39 is 0 Å². The Balaban J connectivity index is 2.03. The summed E-state index contributed by atoms with van der Waals surface area (Å²) in [7, 11) is 0. The zero-order chi connectivity index (χ0) is 14.7. The van der Waals surface area contributed by atoms with Crippen molar-refractivity contribution < 1.29 is 4.79 Å². The lowest BCUT2D eigenvalue weighted by molar-refractivity contribution is 0.0580. The van der Waals surface area contributed by atoms with Crippen molar-refractivity contribution in [1.82, 2.24) is 9.80 Å². The molecular weight excluding hydrogens is 274 g/mol. The van der Waals surface area contributed by atoms with Gasteiger partial charge < -0.3 is 10.6 Å². The summed E-state index contributed by atoms with van der Waals surface area (Å²) in [6, 6.07) is 5.78. The van der Waals surface area contributed by atoms with Crippen LogP contribution in [0.2, 0.25) is 5.02 Å². The maximum absolute atomic E-state index is 12.5. The zero-order valence-corrected chi connectivity index (χ0v) is 12.9. The van der Waals surface area contributed by atoms with Crippen LogP contribution >= 0.6 is 11.6 Å².